The van der Waals surface area contributed by atoms with E-state index in [1.165, 1.54) is 17.2 Å². The van der Waals surface area contributed by atoms with Gasteiger partial charge in [-0.3, -0.25) is 19.5 Å². The molecule has 1 aliphatic rings. The van der Waals surface area contributed by atoms with Gasteiger partial charge < -0.3 is 9.31 Å². The summed E-state index contributed by atoms with van der Waals surface area (Å²) >= 11 is 0. The normalized spacial score (nSPS) is 17.8. The summed E-state index contributed by atoms with van der Waals surface area (Å²) in [5.41, 5.74) is -0.0312. The van der Waals surface area contributed by atoms with Crippen molar-refractivity contribution < 1.29 is 23.3 Å². The first-order valence-corrected chi connectivity index (χ1v) is 5.23. The lowest BCUT2D eigenvalue weighted by atomic mass is 9.79. The van der Waals surface area contributed by atoms with Gasteiger partial charge in [0.25, 0.3) is 0 Å². The van der Waals surface area contributed by atoms with E-state index in [0.29, 0.717) is 0 Å². The van der Waals surface area contributed by atoms with E-state index in [9.17, 15) is 14.0 Å². The molecule has 0 aromatic carbocycles. The highest BCUT2D eigenvalue weighted by Gasteiger charge is 2.35. The van der Waals surface area contributed by atoms with E-state index in [1.54, 1.807) is 7.05 Å². The van der Waals surface area contributed by atoms with Crippen LogP contribution in [0.15, 0.2) is 18.5 Å². The molecule has 0 radical (unpaired) electrons. The van der Waals surface area contributed by atoms with Gasteiger partial charge in [-0.05, 0) is 13.1 Å². The van der Waals surface area contributed by atoms with Gasteiger partial charge in [0, 0.05) is 6.20 Å². The van der Waals surface area contributed by atoms with Crippen LogP contribution in [0, 0.1) is 5.82 Å². The van der Waals surface area contributed by atoms with Gasteiger partial charge in [-0.25, -0.2) is 4.39 Å². The number of carbonyl (C=O) groups excluding carboxylic acids is 2. The standard InChI is InChI=1S/C10H10BFN2O4/c1-14-5-9(15)17-11(18-10(16)6-14)7-2-3-13-4-8(7)12/h2-4H,5-6H2,1H3. The van der Waals surface area contributed by atoms with Crippen molar-refractivity contribution in [3.8, 4) is 0 Å². The number of rotatable bonds is 1. The fourth-order valence-corrected chi connectivity index (χ4v) is 1.54. The van der Waals surface area contributed by atoms with E-state index in [-0.39, 0.29) is 18.6 Å². The van der Waals surface area contributed by atoms with Gasteiger partial charge in [0.1, 0.15) is 5.82 Å². The number of likely N-dealkylation sites (N-methyl/N-ethyl adjacent to an activating group) is 1. The average molecular weight is 252 g/mol. The first kappa shape index (κ1) is 12.5. The molecule has 2 rings (SSSR count). The Hall–Kier alpha value is -1.96. The molecule has 0 atom stereocenters. The minimum atomic E-state index is -1.36. The first-order chi connectivity index (χ1) is 8.56. The molecular weight excluding hydrogens is 242 g/mol. The third-order valence-corrected chi connectivity index (χ3v) is 2.33. The summed E-state index contributed by atoms with van der Waals surface area (Å²) < 4.78 is 23.3. The first-order valence-electron chi connectivity index (χ1n) is 5.23. The summed E-state index contributed by atoms with van der Waals surface area (Å²) in [5.74, 6) is -1.88. The van der Waals surface area contributed by atoms with E-state index in [2.05, 4.69) is 4.98 Å². The molecule has 1 aromatic heterocycles. The van der Waals surface area contributed by atoms with Crippen molar-refractivity contribution in [1.29, 1.82) is 0 Å². The molecule has 6 nitrogen and oxygen atoms in total. The zero-order valence-electron chi connectivity index (χ0n) is 9.63. The maximum atomic E-state index is 13.5. The highest BCUT2D eigenvalue weighted by molar-refractivity contribution is 6.64. The van der Waals surface area contributed by atoms with Crippen molar-refractivity contribution in [2.45, 2.75) is 0 Å². The lowest BCUT2D eigenvalue weighted by molar-refractivity contribution is -0.145. The molecule has 0 spiro atoms. The second-order valence-corrected chi connectivity index (χ2v) is 3.88. The van der Waals surface area contributed by atoms with Gasteiger partial charge in [0.15, 0.2) is 0 Å². The summed E-state index contributed by atoms with van der Waals surface area (Å²) in [7, 11) is 0.220. The van der Waals surface area contributed by atoms with E-state index < -0.39 is 24.9 Å². The largest absolute Gasteiger partial charge is 0.639 e. The molecule has 2 heterocycles. The quantitative estimate of drug-likeness (QED) is 0.594. The maximum Gasteiger partial charge on any atom is 0.639 e. The van der Waals surface area contributed by atoms with Gasteiger partial charge >= 0.3 is 19.1 Å². The highest BCUT2D eigenvalue weighted by Crippen LogP contribution is 2.02. The Balaban J connectivity index is 2.24. The van der Waals surface area contributed by atoms with Crippen molar-refractivity contribution >= 4 is 24.5 Å². The molecule has 1 aliphatic heterocycles. The summed E-state index contributed by atoms with van der Waals surface area (Å²) in [5, 5.41) is 0. The third-order valence-electron chi connectivity index (χ3n) is 2.33. The smallest absolute Gasteiger partial charge is 0.494 e. The van der Waals surface area contributed by atoms with Crippen LogP contribution in [-0.2, 0) is 18.9 Å². The summed E-state index contributed by atoms with van der Waals surface area (Å²) in [4.78, 5) is 27.9. The number of hydrogen-bond acceptors (Lipinski definition) is 6. The topological polar surface area (TPSA) is 68.7 Å². The molecule has 0 unspecified atom stereocenters. The Morgan fingerprint density at radius 2 is 1.94 bits per heavy atom. The van der Waals surface area contributed by atoms with Crippen LogP contribution >= 0.6 is 0 Å². The molecule has 0 bridgehead atoms. The van der Waals surface area contributed by atoms with Crippen LogP contribution in [0.1, 0.15) is 0 Å². The zero-order valence-corrected chi connectivity index (χ0v) is 9.63. The monoisotopic (exact) mass is 252 g/mol. The minimum Gasteiger partial charge on any atom is -0.494 e. The molecule has 0 amide bonds. The Kier molecular flexibility index (Phi) is 3.56. The van der Waals surface area contributed by atoms with Gasteiger partial charge in [0.05, 0.1) is 24.7 Å². The van der Waals surface area contributed by atoms with E-state index in [4.69, 9.17) is 9.31 Å². The van der Waals surface area contributed by atoms with Crippen molar-refractivity contribution in [1.82, 2.24) is 9.88 Å². The van der Waals surface area contributed by atoms with Crippen LogP contribution in [0.4, 0.5) is 4.39 Å². The van der Waals surface area contributed by atoms with Crippen LogP contribution < -0.4 is 5.46 Å². The molecule has 0 aliphatic carbocycles. The molecular formula is C10H10BFN2O4. The second-order valence-electron chi connectivity index (χ2n) is 3.88. The Morgan fingerprint density at radius 1 is 1.33 bits per heavy atom. The van der Waals surface area contributed by atoms with Crippen LogP contribution in [0.3, 0.4) is 0 Å². The van der Waals surface area contributed by atoms with E-state index in [1.807, 2.05) is 0 Å². The second kappa shape index (κ2) is 5.13. The van der Waals surface area contributed by atoms with Gasteiger partial charge in [-0.2, -0.15) is 0 Å². The van der Waals surface area contributed by atoms with E-state index >= 15 is 0 Å². The van der Waals surface area contributed by atoms with Crippen molar-refractivity contribution in [2.75, 3.05) is 20.1 Å². The molecule has 1 saturated heterocycles. The van der Waals surface area contributed by atoms with Crippen molar-refractivity contribution in [3.63, 3.8) is 0 Å². The predicted molar refractivity (Wildman–Crippen MR) is 59.3 cm³/mol. The number of nitrogens with zero attached hydrogens (tertiary/aromatic N) is 2. The van der Waals surface area contributed by atoms with Crippen molar-refractivity contribution in [2.24, 2.45) is 0 Å². The molecule has 0 saturated carbocycles. The SMILES string of the molecule is CN1CC(=O)OB(c2ccncc2F)OC(=O)C1. The number of halogens is 1. The maximum absolute atomic E-state index is 13.5. The minimum absolute atomic E-state index is 0.0312. The molecule has 8 heteroatoms. The number of pyridine rings is 1. The molecule has 18 heavy (non-hydrogen) atoms. The average Bonchev–Trinajstić information content (AvgIpc) is 2.26. The van der Waals surface area contributed by atoms with Gasteiger partial charge in [-0.1, -0.05) is 0 Å². The molecule has 1 fully saturated rings. The molecule has 1 aromatic rings. The lowest BCUT2D eigenvalue weighted by Gasteiger charge is -2.22. The Bertz CT molecular complexity index is 465. The number of carbonyl (C=O) groups is 2. The van der Waals surface area contributed by atoms with Crippen LogP contribution in [0.5, 0.6) is 0 Å². The molecule has 94 valence electrons. The fourth-order valence-electron chi connectivity index (χ4n) is 1.54. The van der Waals surface area contributed by atoms with E-state index in [0.717, 1.165) is 6.20 Å². The van der Waals surface area contributed by atoms with Gasteiger partial charge in [-0.15, -0.1) is 0 Å². The van der Waals surface area contributed by atoms with Crippen LogP contribution in [0.2, 0.25) is 0 Å². The molecule has 0 N–H and O–H groups in total. The highest BCUT2D eigenvalue weighted by atomic mass is 19.1. The zero-order chi connectivity index (χ0) is 13.1. The lowest BCUT2D eigenvalue weighted by Crippen LogP contribution is -2.48. The fraction of sp³-hybridized carbons (Fsp3) is 0.300. The van der Waals surface area contributed by atoms with Crippen LogP contribution in [-0.4, -0.2) is 49.1 Å². The van der Waals surface area contributed by atoms with Gasteiger partial charge in [0.2, 0.25) is 0 Å². The predicted octanol–water partition coefficient (Wildman–Crippen LogP) is -1.05. The summed E-state index contributed by atoms with van der Waals surface area (Å²) in [6.45, 7) is -0.114. The Labute approximate surface area is 103 Å². The number of aromatic nitrogens is 1. The summed E-state index contributed by atoms with van der Waals surface area (Å²) in [6, 6.07) is 1.30. The number of hydrogen-bond donors (Lipinski definition) is 0. The van der Waals surface area contributed by atoms with Crippen molar-refractivity contribution in [3.05, 3.63) is 24.3 Å². The third kappa shape index (κ3) is 2.83. The Morgan fingerprint density at radius 3 is 2.50 bits per heavy atom. The summed E-state index contributed by atoms with van der Waals surface area (Å²) in [6.07, 6.45) is 2.28. The van der Waals surface area contributed by atoms with Crippen LogP contribution in [0.25, 0.3) is 0 Å².